The topological polar surface area (TPSA) is 29.5 Å². The van der Waals surface area contributed by atoms with Crippen LogP contribution >= 0.6 is 0 Å². The molecule has 0 aromatic carbocycles. The van der Waals surface area contributed by atoms with Crippen molar-refractivity contribution in [2.24, 2.45) is 0 Å². The van der Waals surface area contributed by atoms with Gasteiger partial charge >= 0.3 is 0 Å². The van der Waals surface area contributed by atoms with Crippen molar-refractivity contribution in [3.63, 3.8) is 0 Å². The van der Waals surface area contributed by atoms with Crippen LogP contribution in [-0.2, 0) is 9.63 Å². The van der Waals surface area contributed by atoms with Crippen LogP contribution in [0.25, 0.3) is 0 Å². The summed E-state index contributed by atoms with van der Waals surface area (Å²) in [6, 6.07) is 0. The van der Waals surface area contributed by atoms with Gasteiger partial charge in [-0.2, -0.15) is 5.06 Å². The lowest BCUT2D eigenvalue weighted by molar-refractivity contribution is -0.152. The number of carbonyl (C=O) groups is 1. The molecule has 9 heavy (non-hydrogen) atoms. The fourth-order valence-corrected chi connectivity index (χ4v) is 0.474. The third-order valence-electron chi connectivity index (χ3n) is 0.839. The van der Waals surface area contributed by atoms with E-state index >= 15 is 0 Å². The van der Waals surface area contributed by atoms with Crippen molar-refractivity contribution in [1.82, 2.24) is 5.06 Å². The molecule has 0 spiro atoms. The summed E-state index contributed by atoms with van der Waals surface area (Å²) in [5, 5.41) is 1.51. The molecule has 0 bridgehead atoms. The summed E-state index contributed by atoms with van der Waals surface area (Å²) in [6.45, 7) is 6.83. The second-order valence-corrected chi connectivity index (χ2v) is 1.47. The summed E-state index contributed by atoms with van der Waals surface area (Å²) in [5.41, 5.74) is 0. The van der Waals surface area contributed by atoms with E-state index in [-0.39, 0.29) is 0 Å². The lowest BCUT2D eigenvalue weighted by atomic mass is 10.6. The Balaban J connectivity index is 3.28. The Hall–Kier alpha value is -0.410. The molecule has 0 N–H and O–H groups in total. The molecular weight excluding hydrogens is 118 g/mol. The van der Waals surface area contributed by atoms with Crippen LogP contribution < -0.4 is 0 Å². The first kappa shape index (κ1) is 8.59. The van der Waals surface area contributed by atoms with Crippen molar-refractivity contribution in [3.8, 4) is 0 Å². The van der Waals surface area contributed by atoms with Crippen molar-refractivity contribution >= 4 is 6.29 Å². The summed E-state index contributed by atoms with van der Waals surface area (Å²) < 4.78 is 0. The normalized spacial score (nSPS) is 10.1. The SMILES string of the molecule is [CH2]CN(CC=O)OCC. The number of nitrogens with zero attached hydrogens (tertiary/aromatic N) is 1. The summed E-state index contributed by atoms with van der Waals surface area (Å²) in [6.07, 6.45) is 0.792. The number of aldehydes is 1. The number of hydrogen-bond acceptors (Lipinski definition) is 3. The predicted molar refractivity (Wildman–Crippen MR) is 34.6 cm³/mol. The Bertz CT molecular complexity index is 75.5. The van der Waals surface area contributed by atoms with Gasteiger partial charge in [0.15, 0.2) is 0 Å². The molecule has 3 heteroatoms. The number of carbonyl (C=O) groups excluding carboxylic acids is 1. The van der Waals surface area contributed by atoms with E-state index in [1.165, 1.54) is 5.06 Å². The maximum atomic E-state index is 9.90. The van der Waals surface area contributed by atoms with Crippen molar-refractivity contribution < 1.29 is 9.63 Å². The molecule has 0 fully saturated rings. The molecule has 0 aromatic rings. The summed E-state index contributed by atoms with van der Waals surface area (Å²) in [7, 11) is 0. The third kappa shape index (κ3) is 4.12. The first-order valence-corrected chi connectivity index (χ1v) is 2.95. The molecule has 0 aliphatic carbocycles. The Kier molecular flexibility index (Phi) is 5.46. The van der Waals surface area contributed by atoms with Crippen molar-refractivity contribution in [3.05, 3.63) is 6.92 Å². The molecule has 0 aliphatic rings. The predicted octanol–water partition coefficient (Wildman–Crippen LogP) is 0.273. The van der Waals surface area contributed by atoms with Gasteiger partial charge in [0.2, 0.25) is 0 Å². The van der Waals surface area contributed by atoms with Crippen LogP contribution in [0.5, 0.6) is 0 Å². The van der Waals surface area contributed by atoms with Gasteiger partial charge in [-0.25, -0.2) is 0 Å². The zero-order chi connectivity index (χ0) is 7.11. The van der Waals surface area contributed by atoms with Crippen LogP contribution in [0.15, 0.2) is 0 Å². The first-order valence-electron chi connectivity index (χ1n) is 2.95. The van der Waals surface area contributed by atoms with Crippen LogP contribution in [0.4, 0.5) is 0 Å². The summed E-state index contributed by atoms with van der Waals surface area (Å²) in [4.78, 5) is 14.9. The standard InChI is InChI=1S/C6H12NO2/c1-3-7(5-6-8)9-4-2/h6H,1,3-5H2,2H3. The van der Waals surface area contributed by atoms with Crippen LogP contribution in [0, 0.1) is 6.92 Å². The fourth-order valence-electron chi connectivity index (χ4n) is 0.474. The Morgan fingerprint density at radius 2 is 2.44 bits per heavy atom. The van der Waals surface area contributed by atoms with Crippen molar-refractivity contribution in [1.29, 1.82) is 0 Å². The molecule has 0 aromatic heterocycles. The van der Waals surface area contributed by atoms with Gasteiger partial charge in [0.25, 0.3) is 0 Å². The molecule has 0 atom stereocenters. The molecule has 3 nitrogen and oxygen atoms in total. The highest BCUT2D eigenvalue weighted by atomic mass is 16.7. The molecule has 0 saturated heterocycles. The molecule has 0 unspecified atom stereocenters. The van der Waals surface area contributed by atoms with Crippen LogP contribution in [0.1, 0.15) is 6.92 Å². The Morgan fingerprint density at radius 1 is 1.78 bits per heavy atom. The second-order valence-electron chi connectivity index (χ2n) is 1.47. The molecular formula is C6H12NO2. The van der Waals surface area contributed by atoms with E-state index in [4.69, 9.17) is 4.84 Å². The minimum absolute atomic E-state index is 0.303. The van der Waals surface area contributed by atoms with Gasteiger partial charge < -0.3 is 4.79 Å². The highest BCUT2D eigenvalue weighted by Crippen LogP contribution is 1.84. The van der Waals surface area contributed by atoms with Gasteiger partial charge in [-0.15, -0.1) is 0 Å². The van der Waals surface area contributed by atoms with Crippen molar-refractivity contribution in [2.45, 2.75) is 6.92 Å². The minimum Gasteiger partial charge on any atom is -0.302 e. The molecule has 53 valence electrons. The van der Waals surface area contributed by atoms with Crippen LogP contribution in [0.2, 0.25) is 0 Å². The second kappa shape index (κ2) is 5.72. The maximum Gasteiger partial charge on any atom is 0.136 e. The minimum atomic E-state index is 0.303. The largest absolute Gasteiger partial charge is 0.302 e. The number of rotatable bonds is 5. The summed E-state index contributed by atoms with van der Waals surface area (Å²) >= 11 is 0. The molecule has 0 aliphatic heterocycles. The van der Waals surface area contributed by atoms with Gasteiger partial charge in [0.05, 0.1) is 13.2 Å². The van der Waals surface area contributed by atoms with Crippen LogP contribution in [-0.4, -0.2) is 31.0 Å². The zero-order valence-electron chi connectivity index (χ0n) is 5.67. The van der Waals surface area contributed by atoms with E-state index < -0.39 is 0 Å². The maximum absolute atomic E-state index is 9.90. The molecule has 1 radical (unpaired) electrons. The summed E-state index contributed by atoms with van der Waals surface area (Å²) in [5.74, 6) is 0. The average Bonchev–Trinajstić information content (AvgIpc) is 1.88. The van der Waals surface area contributed by atoms with E-state index in [0.29, 0.717) is 19.7 Å². The lowest BCUT2D eigenvalue weighted by Crippen LogP contribution is -2.25. The Morgan fingerprint density at radius 3 is 2.78 bits per heavy atom. The van der Waals surface area contributed by atoms with Gasteiger partial charge in [-0.1, -0.05) is 0 Å². The molecule has 0 rings (SSSR count). The smallest absolute Gasteiger partial charge is 0.136 e. The van der Waals surface area contributed by atoms with E-state index in [1.54, 1.807) is 0 Å². The highest BCUT2D eigenvalue weighted by molar-refractivity contribution is 5.51. The molecule has 0 amide bonds. The lowest BCUT2D eigenvalue weighted by Gasteiger charge is -2.14. The quantitative estimate of drug-likeness (QED) is 0.395. The highest BCUT2D eigenvalue weighted by Gasteiger charge is 1.96. The van der Waals surface area contributed by atoms with E-state index in [0.717, 1.165) is 6.29 Å². The van der Waals surface area contributed by atoms with Gasteiger partial charge in [-0.05, 0) is 13.8 Å². The van der Waals surface area contributed by atoms with E-state index in [9.17, 15) is 4.79 Å². The number of hydroxylamine groups is 2. The van der Waals surface area contributed by atoms with Gasteiger partial charge in [0, 0.05) is 6.54 Å². The molecule has 0 heterocycles. The zero-order valence-corrected chi connectivity index (χ0v) is 5.67. The van der Waals surface area contributed by atoms with Crippen molar-refractivity contribution in [2.75, 3.05) is 19.7 Å². The fraction of sp³-hybridized carbons (Fsp3) is 0.667. The van der Waals surface area contributed by atoms with E-state index in [2.05, 4.69) is 6.92 Å². The van der Waals surface area contributed by atoms with Gasteiger partial charge in [0.1, 0.15) is 6.29 Å². The third-order valence-corrected chi connectivity index (χ3v) is 0.839. The van der Waals surface area contributed by atoms with E-state index in [1.807, 2.05) is 6.92 Å². The number of hydrogen-bond donors (Lipinski definition) is 0. The Labute approximate surface area is 55.6 Å². The van der Waals surface area contributed by atoms with Crippen LogP contribution in [0.3, 0.4) is 0 Å². The van der Waals surface area contributed by atoms with Gasteiger partial charge in [-0.3, -0.25) is 4.84 Å². The monoisotopic (exact) mass is 130 g/mol. The first-order chi connectivity index (χ1) is 4.35. The average molecular weight is 130 g/mol. The molecule has 0 saturated carbocycles.